The van der Waals surface area contributed by atoms with Gasteiger partial charge in [0.15, 0.2) is 0 Å². The molecule has 0 aromatic heterocycles. The normalized spacial score (nSPS) is 21.5. The molecule has 1 nitrogen and oxygen atoms in total. The van der Waals surface area contributed by atoms with Crippen LogP contribution in [0, 0.1) is 0 Å². The van der Waals surface area contributed by atoms with Gasteiger partial charge in [-0.1, -0.05) is 6.58 Å². The molecule has 0 rings (SSSR count). The third-order valence-corrected chi connectivity index (χ3v) is 2.81. The summed E-state index contributed by atoms with van der Waals surface area (Å²) in [6.07, 6.45) is 1.41. The highest BCUT2D eigenvalue weighted by atomic mass is 32.3. The Morgan fingerprint density at radius 3 is 2.12 bits per heavy atom. The molecule has 0 spiro atoms. The maximum atomic E-state index is 12.7. The first-order valence-corrected chi connectivity index (χ1v) is 4.06. The Balaban J connectivity index is 3.91. The molecule has 50 valence electrons. The molecule has 0 aliphatic carbocycles. The largest absolute Gasteiger partial charge is 0.309 e. The fourth-order valence-electron chi connectivity index (χ4n) is 0.142. The maximum Gasteiger partial charge on any atom is 0.0514 e. The van der Waals surface area contributed by atoms with Crippen LogP contribution in [0.5, 0.6) is 0 Å². The second-order valence-electron chi connectivity index (χ2n) is 1.62. The van der Waals surface area contributed by atoms with Crippen LogP contribution >= 0.6 is 10.7 Å². The van der Waals surface area contributed by atoms with E-state index in [9.17, 15) is 3.89 Å². The number of hydrogen-bond donors (Lipinski definition) is 0. The van der Waals surface area contributed by atoms with E-state index >= 15 is 0 Å². The summed E-state index contributed by atoms with van der Waals surface area (Å²) in [4.78, 5) is 0.472. The van der Waals surface area contributed by atoms with E-state index in [1.165, 1.54) is 13.4 Å². The van der Waals surface area contributed by atoms with Gasteiger partial charge in [0.1, 0.15) is 0 Å². The minimum atomic E-state index is -2.43. The predicted molar refractivity (Wildman–Crippen MR) is 36.4 cm³/mol. The van der Waals surface area contributed by atoms with E-state index in [0.29, 0.717) is 4.91 Å². The molecule has 0 aliphatic heterocycles. The molecule has 0 heterocycles. The Labute approximate surface area is 51.4 Å². The van der Waals surface area contributed by atoms with Crippen LogP contribution in [0.3, 0.4) is 0 Å². The van der Waals surface area contributed by atoms with Crippen LogP contribution in [-0.4, -0.2) is 13.4 Å². The van der Waals surface area contributed by atoms with Crippen LogP contribution in [0.25, 0.3) is 0 Å². The van der Waals surface area contributed by atoms with Gasteiger partial charge >= 0.3 is 0 Å². The molecule has 1 atom stereocenters. The molecule has 3 heteroatoms. The first-order chi connectivity index (χ1) is 3.50. The average Bonchev–Trinajstić information content (AvgIpc) is 1.67. The predicted octanol–water partition coefficient (Wildman–Crippen LogP) is 2.40. The molecular formula is C5H11FOS. The molecule has 0 amide bonds. The lowest BCUT2D eigenvalue weighted by atomic mass is 10.8. The van der Waals surface area contributed by atoms with Crippen molar-refractivity contribution in [3.05, 3.63) is 11.5 Å². The second kappa shape index (κ2) is 2.51. The Hall–Kier alpha value is -0.0200. The maximum absolute atomic E-state index is 12.7. The Morgan fingerprint density at radius 2 is 2.12 bits per heavy atom. The van der Waals surface area contributed by atoms with Gasteiger partial charge in [-0.2, -0.15) is 3.89 Å². The Kier molecular flexibility index (Phi) is 2.50. The fraction of sp³-hybridized carbons (Fsp3) is 0.600. The summed E-state index contributed by atoms with van der Waals surface area (Å²) in [6, 6.07) is 0. The molecule has 1 unspecified atom stereocenters. The van der Waals surface area contributed by atoms with E-state index in [1.807, 2.05) is 0 Å². The summed E-state index contributed by atoms with van der Waals surface area (Å²) in [7, 11) is -1.08. The van der Waals surface area contributed by atoms with Crippen molar-refractivity contribution in [2.24, 2.45) is 0 Å². The van der Waals surface area contributed by atoms with Crippen molar-refractivity contribution >= 4 is 10.7 Å². The van der Waals surface area contributed by atoms with Gasteiger partial charge < -0.3 is 4.18 Å². The second-order valence-corrected chi connectivity index (χ2v) is 4.14. The Bertz CT molecular complexity index is 101. The van der Waals surface area contributed by atoms with Crippen LogP contribution in [0.1, 0.15) is 6.92 Å². The molecule has 0 radical (unpaired) electrons. The van der Waals surface area contributed by atoms with E-state index in [4.69, 9.17) is 0 Å². The molecule has 0 aliphatic rings. The minimum Gasteiger partial charge on any atom is -0.309 e. The van der Waals surface area contributed by atoms with Crippen LogP contribution in [0.2, 0.25) is 0 Å². The first kappa shape index (κ1) is 7.98. The molecule has 0 fully saturated rings. The zero-order chi connectivity index (χ0) is 6.78. The molecule has 8 heavy (non-hydrogen) atoms. The van der Waals surface area contributed by atoms with Gasteiger partial charge in [-0.15, -0.1) is 0 Å². The van der Waals surface area contributed by atoms with Gasteiger partial charge in [-0.05, 0) is 6.92 Å². The zero-order valence-corrected chi connectivity index (χ0v) is 6.22. The van der Waals surface area contributed by atoms with Crippen LogP contribution in [-0.2, 0) is 4.18 Å². The first-order valence-electron chi connectivity index (χ1n) is 2.20. The quantitative estimate of drug-likeness (QED) is 0.569. The van der Waals surface area contributed by atoms with Gasteiger partial charge in [0.25, 0.3) is 0 Å². The van der Waals surface area contributed by atoms with Crippen molar-refractivity contribution in [1.82, 2.24) is 0 Å². The standard InChI is InChI=1S/C5H11FOS/c1-5(2)8(4,6)7-3/h1H2,2-4H3. The minimum absolute atomic E-state index is 0.472. The van der Waals surface area contributed by atoms with Crippen LogP contribution < -0.4 is 0 Å². The summed E-state index contributed by atoms with van der Waals surface area (Å²) >= 11 is 0. The van der Waals surface area contributed by atoms with Gasteiger partial charge in [0, 0.05) is 21.9 Å². The lowest BCUT2D eigenvalue weighted by molar-refractivity contribution is 0.444. The third-order valence-electron chi connectivity index (χ3n) is 0.935. The van der Waals surface area contributed by atoms with E-state index in [0.717, 1.165) is 0 Å². The van der Waals surface area contributed by atoms with Gasteiger partial charge in [-0.25, -0.2) is 0 Å². The van der Waals surface area contributed by atoms with E-state index in [-0.39, 0.29) is 0 Å². The summed E-state index contributed by atoms with van der Waals surface area (Å²) in [5.74, 6) is 0. The fourth-order valence-corrected chi connectivity index (χ4v) is 0.427. The monoisotopic (exact) mass is 138 g/mol. The molecule has 0 saturated heterocycles. The van der Waals surface area contributed by atoms with Crippen LogP contribution in [0.4, 0.5) is 3.89 Å². The zero-order valence-electron chi connectivity index (χ0n) is 5.40. The summed E-state index contributed by atoms with van der Waals surface area (Å²) in [6.45, 7) is 5.06. The van der Waals surface area contributed by atoms with Crippen LogP contribution in [0.15, 0.2) is 11.5 Å². The van der Waals surface area contributed by atoms with Gasteiger partial charge in [0.05, 0.1) is 7.11 Å². The third kappa shape index (κ3) is 1.84. The highest BCUT2D eigenvalue weighted by molar-refractivity contribution is 8.28. The Morgan fingerprint density at radius 1 is 1.75 bits per heavy atom. The number of hydrogen-bond acceptors (Lipinski definition) is 1. The van der Waals surface area contributed by atoms with E-state index in [2.05, 4.69) is 10.8 Å². The molecular weight excluding hydrogens is 127 g/mol. The lowest BCUT2D eigenvalue weighted by Gasteiger charge is -2.22. The summed E-state index contributed by atoms with van der Waals surface area (Å²) in [5, 5.41) is 0. The molecule has 0 saturated carbocycles. The highest BCUT2D eigenvalue weighted by Crippen LogP contribution is 2.52. The van der Waals surface area contributed by atoms with Crippen molar-refractivity contribution in [2.75, 3.05) is 13.4 Å². The average molecular weight is 138 g/mol. The number of halogens is 1. The molecule has 0 N–H and O–H groups in total. The van der Waals surface area contributed by atoms with E-state index < -0.39 is 10.7 Å². The number of rotatable bonds is 2. The molecule has 0 aromatic carbocycles. The van der Waals surface area contributed by atoms with Crippen molar-refractivity contribution in [1.29, 1.82) is 0 Å². The lowest BCUT2D eigenvalue weighted by Crippen LogP contribution is -1.91. The van der Waals surface area contributed by atoms with Crippen molar-refractivity contribution in [3.63, 3.8) is 0 Å². The highest BCUT2D eigenvalue weighted by Gasteiger charge is 2.14. The van der Waals surface area contributed by atoms with Gasteiger partial charge in [-0.3, -0.25) is 0 Å². The van der Waals surface area contributed by atoms with Crippen molar-refractivity contribution in [2.45, 2.75) is 6.92 Å². The van der Waals surface area contributed by atoms with Gasteiger partial charge in [0.2, 0.25) is 0 Å². The molecule has 0 aromatic rings. The molecule has 0 bridgehead atoms. The topological polar surface area (TPSA) is 9.23 Å². The number of allylic oxidation sites excluding steroid dienone is 1. The smallest absolute Gasteiger partial charge is 0.0514 e. The van der Waals surface area contributed by atoms with Crippen molar-refractivity contribution < 1.29 is 8.07 Å². The summed E-state index contributed by atoms with van der Waals surface area (Å²) < 4.78 is 17.2. The summed E-state index contributed by atoms with van der Waals surface area (Å²) in [5.41, 5.74) is 0. The SMILES string of the molecule is C=C(C)S(C)(F)OC. The van der Waals surface area contributed by atoms with Crippen molar-refractivity contribution in [3.8, 4) is 0 Å². The van der Waals surface area contributed by atoms with E-state index in [1.54, 1.807) is 6.92 Å².